The molecule has 1 amide bonds. The van der Waals surface area contributed by atoms with Gasteiger partial charge in [-0.25, -0.2) is 5.43 Å². The molecule has 4 heteroatoms. The highest BCUT2D eigenvalue weighted by Crippen LogP contribution is 2.25. The molecule has 4 rings (SSSR count). The number of aromatic hydroxyl groups is 1. The molecular weight excluding hydrogens is 336 g/mol. The van der Waals surface area contributed by atoms with Crippen molar-refractivity contribution in [3.8, 4) is 5.75 Å². The molecule has 0 atom stereocenters. The Balaban J connectivity index is 1.66. The fourth-order valence-corrected chi connectivity index (χ4v) is 3.31. The lowest BCUT2D eigenvalue weighted by Crippen LogP contribution is -2.19. The molecule has 0 aliphatic carbocycles. The SMILES string of the molecule is Cc1ccc2ccccc2c1C(=O)N/N=C\c1c(O)ccc2ccccc12. The number of aryl methyl sites for hydroxylation is 1. The van der Waals surface area contributed by atoms with Gasteiger partial charge in [0.2, 0.25) is 0 Å². The first kappa shape index (κ1) is 16.8. The van der Waals surface area contributed by atoms with Gasteiger partial charge in [0.1, 0.15) is 5.75 Å². The normalized spacial score (nSPS) is 11.3. The van der Waals surface area contributed by atoms with E-state index in [9.17, 15) is 9.90 Å². The monoisotopic (exact) mass is 354 g/mol. The van der Waals surface area contributed by atoms with Crippen LogP contribution in [0, 0.1) is 6.92 Å². The zero-order valence-electron chi connectivity index (χ0n) is 14.8. The maximum Gasteiger partial charge on any atom is 0.272 e. The summed E-state index contributed by atoms with van der Waals surface area (Å²) < 4.78 is 0. The van der Waals surface area contributed by atoms with Crippen LogP contribution in [-0.2, 0) is 0 Å². The lowest BCUT2D eigenvalue weighted by molar-refractivity contribution is 0.0956. The van der Waals surface area contributed by atoms with Gasteiger partial charge >= 0.3 is 0 Å². The molecule has 0 radical (unpaired) electrons. The molecule has 132 valence electrons. The van der Waals surface area contributed by atoms with Crippen LogP contribution in [0.5, 0.6) is 5.75 Å². The van der Waals surface area contributed by atoms with E-state index in [1.165, 1.54) is 6.21 Å². The van der Waals surface area contributed by atoms with Crippen LogP contribution >= 0.6 is 0 Å². The van der Waals surface area contributed by atoms with Crippen molar-refractivity contribution >= 4 is 33.7 Å². The third-order valence-electron chi connectivity index (χ3n) is 4.67. The third kappa shape index (κ3) is 3.13. The van der Waals surface area contributed by atoms with Crippen LogP contribution in [0.25, 0.3) is 21.5 Å². The van der Waals surface area contributed by atoms with Gasteiger partial charge in [-0.3, -0.25) is 4.79 Å². The van der Waals surface area contributed by atoms with Crippen LogP contribution in [-0.4, -0.2) is 17.2 Å². The van der Waals surface area contributed by atoms with Crippen LogP contribution < -0.4 is 5.43 Å². The van der Waals surface area contributed by atoms with Crippen molar-refractivity contribution in [2.45, 2.75) is 6.92 Å². The van der Waals surface area contributed by atoms with E-state index < -0.39 is 0 Å². The Morgan fingerprint density at radius 1 is 0.889 bits per heavy atom. The van der Waals surface area contributed by atoms with Crippen LogP contribution in [0.2, 0.25) is 0 Å². The van der Waals surface area contributed by atoms with Crippen molar-refractivity contribution in [3.05, 3.63) is 89.5 Å². The molecule has 0 aliphatic heterocycles. The van der Waals surface area contributed by atoms with E-state index in [-0.39, 0.29) is 11.7 Å². The van der Waals surface area contributed by atoms with Crippen molar-refractivity contribution < 1.29 is 9.90 Å². The largest absolute Gasteiger partial charge is 0.507 e. The van der Waals surface area contributed by atoms with Crippen LogP contribution in [0.1, 0.15) is 21.5 Å². The van der Waals surface area contributed by atoms with Crippen LogP contribution in [0.3, 0.4) is 0 Å². The van der Waals surface area contributed by atoms with Crippen molar-refractivity contribution in [3.63, 3.8) is 0 Å². The minimum Gasteiger partial charge on any atom is -0.507 e. The summed E-state index contributed by atoms with van der Waals surface area (Å²) in [6, 6.07) is 22.9. The fraction of sp³-hybridized carbons (Fsp3) is 0.0435. The van der Waals surface area contributed by atoms with E-state index in [4.69, 9.17) is 0 Å². The first-order valence-corrected chi connectivity index (χ1v) is 8.67. The first-order chi connectivity index (χ1) is 13.1. The van der Waals surface area contributed by atoms with E-state index in [2.05, 4.69) is 10.5 Å². The van der Waals surface area contributed by atoms with Crippen molar-refractivity contribution in [1.29, 1.82) is 0 Å². The fourth-order valence-electron chi connectivity index (χ4n) is 3.31. The summed E-state index contributed by atoms with van der Waals surface area (Å²) in [5.74, 6) is -0.159. The molecule has 0 heterocycles. The predicted molar refractivity (Wildman–Crippen MR) is 109 cm³/mol. The number of hydrogen-bond donors (Lipinski definition) is 2. The number of fused-ring (bicyclic) bond motifs is 2. The number of carbonyl (C=O) groups excluding carboxylic acids is 1. The van der Waals surface area contributed by atoms with Gasteiger partial charge in [0, 0.05) is 5.56 Å². The minimum absolute atomic E-state index is 0.119. The number of rotatable bonds is 3. The lowest BCUT2D eigenvalue weighted by atomic mass is 9.99. The van der Waals surface area contributed by atoms with E-state index in [0.29, 0.717) is 11.1 Å². The summed E-state index contributed by atoms with van der Waals surface area (Å²) in [5, 5.41) is 18.0. The van der Waals surface area contributed by atoms with E-state index >= 15 is 0 Å². The summed E-state index contributed by atoms with van der Waals surface area (Å²) in [6.07, 6.45) is 1.48. The average molecular weight is 354 g/mol. The zero-order chi connectivity index (χ0) is 18.8. The number of benzene rings is 4. The second kappa shape index (κ2) is 6.92. The molecule has 0 aliphatic rings. The average Bonchev–Trinajstić information content (AvgIpc) is 2.69. The Hall–Kier alpha value is -3.66. The van der Waals surface area contributed by atoms with Crippen molar-refractivity contribution in [1.82, 2.24) is 5.43 Å². The van der Waals surface area contributed by atoms with Crippen LogP contribution in [0.15, 0.2) is 77.9 Å². The van der Waals surface area contributed by atoms with Gasteiger partial charge in [0.15, 0.2) is 0 Å². The van der Waals surface area contributed by atoms with E-state index in [1.807, 2.05) is 73.7 Å². The van der Waals surface area contributed by atoms with Crippen molar-refractivity contribution in [2.24, 2.45) is 5.10 Å². The van der Waals surface area contributed by atoms with Gasteiger partial charge < -0.3 is 5.11 Å². The molecular formula is C23H18N2O2. The van der Waals surface area contributed by atoms with Gasteiger partial charge in [0.05, 0.1) is 11.8 Å². The highest BCUT2D eigenvalue weighted by molar-refractivity contribution is 6.09. The Morgan fingerprint density at radius 2 is 1.52 bits per heavy atom. The van der Waals surface area contributed by atoms with E-state index in [0.717, 1.165) is 27.1 Å². The number of amides is 1. The van der Waals surface area contributed by atoms with Crippen LogP contribution in [0.4, 0.5) is 0 Å². The Bertz CT molecular complexity index is 1200. The molecule has 27 heavy (non-hydrogen) atoms. The molecule has 0 fully saturated rings. The maximum absolute atomic E-state index is 12.7. The Kier molecular flexibility index (Phi) is 4.30. The quantitative estimate of drug-likeness (QED) is 0.411. The summed E-state index contributed by atoms with van der Waals surface area (Å²) in [5.41, 5.74) is 4.65. The molecule has 0 bridgehead atoms. The standard InChI is InChI=1S/C23H18N2O2/c1-15-10-11-17-7-3-5-9-19(17)22(15)23(27)25-24-14-20-18-8-4-2-6-16(18)12-13-21(20)26/h2-14,26H,1H3,(H,25,27)/b24-14-. The zero-order valence-corrected chi connectivity index (χ0v) is 14.8. The number of phenolic OH excluding ortho intramolecular Hbond substituents is 1. The van der Waals surface area contributed by atoms with Gasteiger partial charge in [-0.05, 0) is 40.1 Å². The Labute approximate surface area is 156 Å². The lowest BCUT2D eigenvalue weighted by Gasteiger charge is -2.09. The third-order valence-corrected chi connectivity index (χ3v) is 4.67. The molecule has 0 unspecified atom stereocenters. The molecule has 4 aromatic rings. The topological polar surface area (TPSA) is 61.7 Å². The highest BCUT2D eigenvalue weighted by Gasteiger charge is 2.12. The molecule has 2 N–H and O–H groups in total. The second-order valence-electron chi connectivity index (χ2n) is 6.40. The van der Waals surface area contributed by atoms with Gasteiger partial charge in [-0.15, -0.1) is 0 Å². The minimum atomic E-state index is -0.278. The number of carbonyl (C=O) groups is 1. The Morgan fingerprint density at radius 3 is 2.30 bits per heavy atom. The summed E-state index contributed by atoms with van der Waals surface area (Å²) in [4.78, 5) is 12.7. The smallest absolute Gasteiger partial charge is 0.272 e. The number of nitrogens with zero attached hydrogens (tertiary/aromatic N) is 1. The predicted octanol–water partition coefficient (Wildman–Crippen LogP) is 4.77. The molecule has 0 saturated carbocycles. The summed E-state index contributed by atoms with van der Waals surface area (Å²) in [7, 11) is 0. The van der Waals surface area contributed by atoms with Gasteiger partial charge in [0.25, 0.3) is 5.91 Å². The van der Waals surface area contributed by atoms with E-state index in [1.54, 1.807) is 6.07 Å². The number of phenols is 1. The summed E-state index contributed by atoms with van der Waals surface area (Å²) in [6.45, 7) is 1.90. The molecule has 0 spiro atoms. The summed E-state index contributed by atoms with van der Waals surface area (Å²) >= 11 is 0. The maximum atomic E-state index is 12.7. The highest BCUT2D eigenvalue weighted by atomic mass is 16.3. The molecule has 4 nitrogen and oxygen atoms in total. The number of nitrogens with one attached hydrogen (secondary N) is 1. The van der Waals surface area contributed by atoms with Crippen molar-refractivity contribution in [2.75, 3.05) is 0 Å². The molecule has 0 saturated heterocycles. The van der Waals surface area contributed by atoms with Gasteiger partial charge in [-0.1, -0.05) is 66.7 Å². The first-order valence-electron chi connectivity index (χ1n) is 8.67. The second-order valence-corrected chi connectivity index (χ2v) is 6.40. The number of hydrogen-bond acceptors (Lipinski definition) is 3. The molecule has 0 aromatic heterocycles. The number of hydrazone groups is 1. The van der Waals surface area contributed by atoms with Gasteiger partial charge in [-0.2, -0.15) is 5.10 Å². The molecule has 4 aromatic carbocycles.